The van der Waals surface area contributed by atoms with Gasteiger partial charge in [-0.15, -0.1) is 17.8 Å². The highest BCUT2D eigenvalue weighted by Crippen LogP contribution is 2.23. The van der Waals surface area contributed by atoms with E-state index in [0.29, 0.717) is 18.0 Å². The lowest BCUT2D eigenvalue weighted by Gasteiger charge is -2.16. The molecule has 1 aromatic rings. The predicted molar refractivity (Wildman–Crippen MR) is 62.4 cm³/mol. The first-order chi connectivity index (χ1) is 6.69. The van der Waals surface area contributed by atoms with Crippen LogP contribution in [0.5, 0.6) is 0 Å². The third-order valence-electron chi connectivity index (χ3n) is 1.74. The molecule has 0 aliphatic rings. The molecule has 0 saturated carbocycles. The molecule has 0 aliphatic heterocycles. The van der Waals surface area contributed by atoms with Crippen molar-refractivity contribution in [3.05, 3.63) is 20.8 Å². The normalized spacial score (nSPS) is 9.50. The van der Waals surface area contributed by atoms with Crippen LogP contribution < -0.4 is 0 Å². The quantitative estimate of drug-likeness (QED) is 0.774. The van der Waals surface area contributed by atoms with E-state index in [9.17, 15) is 4.79 Å². The van der Waals surface area contributed by atoms with Gasteiger partial charge in [0.05, 0.1) is 15.2 Å². The van der Waals surface area contributed by atoms with Crippen LogP contribution in [0.15, 0.2) is 15.9 Å². The Morgan fingerprint density at radius 3 is 2.86 bits per heavy atom. The minimum absolute atomic E-state index is 0.00106. The third kappa shape index (κ3) is 2.60. The first-order valence-corrected chi connectivity index (χ1v) is 5.78. The lowest BCUT2D eigenvalue weighted by atomic mass is 10.4. The summed E-state index contributed by atoms with van der Waals surface area (Å²) in [5, 5.41) is 0. The van der Waals surface area contributed by atoms with E-state index < -0.39 is 0 Å². The highest BCUT2D eigenvalue weighted by molar-refractivity contribution is 9.11. The zero-order valence-electron chi connectivity index (χ0n) is 7.79. The largest absolute Gasteiger partial charge is 0.327 e. The summed E-state index contributed by atoms with van der Waals surface area (Å²) in [7, 11) is 0. The molecule has 0 unspecified atom stereocenters. The zero-order chi connectivity index (χ0) is 10.6. The summed E-state index contributed by atoms with van der Waals surface area (Å²) in [4.78, 5) is 14.2. The van der Waals surface area contributed by atoms with Crippen LogP contribution in [0.4, 0.5) is 0 Å². The zero-order valence-corrected chi connectivity index (χ0v) is 10.2. The summed E-state index contributed by atoms with van der Waals surface area (Å²) in [6, 6.07) is 3.66. The molecule has 0 aliphatic carbocycles. The van der Waals surface area contributed by atoms with Gasteiger partial charge in [-0.1, -0.05) is 5.92 Å². The van der Waals surface area contributed by atoms with Crippen molar-refractivity contribution in [2.24, 2.45) is 0 Å². The van der Waals surface area contributed by atoms with Crippen molar-refractivity contribution >= 4 is 33.2 Å². The molecule has 1 rings (SSSR count). The van der Waals surface area contributed by atoms with E-state index in [0.717, 1.165) is 3.79 Å². The molecule has 0 saturated heterocycles. The Morgan fingerprint density at radius 2 is 2.43 bits per heavy atom. The molecule has 0 atom stereocenters. The molecule has 74 valence electrons. The SMILES string of the molecule is C#CCN(CC)C(=O)c1ccc(Br)s1. The van der Waals surface area contributed by atoms with Gasteiger partial charge in [0.25, 0.3) is 5.91 Å². The minimum atomic E-state index is 0.00106. The lowest BCUT2D eigenvalue weighted by molar-refractivity contribution is 0.0789. The minimum Gasteiger partial charge on any atom is -0.327 e. The molecule has 14 heavy (non-hydrogen) atoms. The Morgan fingerprint density at radius 1 is 1.71 bits per heavy atom. The van der Waals surface area contributed by atoms with Crippen LogP contribution in [0, 0.1) is 12.3 Å². The van der Waals surface area contributed by atoms with Crippen LogP contribution in [0.1, 0.15) is 16.6 Å². The van der Waals surface area contributed by atoms with Crippen molar-refractivity contribution in [1.82, 2.24) is 4.90 Å². The molecule has 2 nitrogen and oxygen atoms in total. The number of hydrogen-bond donors (Lipinski definition) is 0. The van der Waals surface area contributed by atoms with Crippen molar-refractivity contribution in [1.29, 1.82) is 0 Å². The topological polar surface area (TPSA) is 20.3 Å². The molecular weight excluding hydrogens is 262 g/mol. The number of halogens is 1. The van der Waals surface area contributed by atoms with Crippen LogP contribution in [0.25, 0.3) is 0 Å². The van der Waals surface area contributed by atoms with Crippen molar-refractivity contribution in [3.8, 4) is 12.3 Å². The van der Waals surface area contributed by atoms with Gasteiger partial charge in [-0.2, -0.15) is 0 Å². The van der Waals surface area contributed by atoms with E-state index in [2.05, 4.69) is 21.9 Å². The summed E-state index contributed by atoms with van der Waals surface area (Å²) in [6.45, 7) is 2.92. The maximum atomic E-state index is 11.8. The van der Waals surface area contributed by atoms with Gasteiger partial charge in [-0.25, -0.2) is 0 Å². The molecule has 0 fully saturated rings. The summed E-state index contributed by atoms with van der Waals surface area (Å²) in [5.41, 5.74) is 0. The van der Waals surface area contributed by atoms with E-state index >= 15 is 0 Å². The standard InChI is InChI=1S/C10H10BrNOS/c1-3-7-12(4-2)10(13)8-5-6-9(11)14-8/h1,5-6H,4,7H2,2H3. The fourth-order valence-corrected chi connectivity index (χ4v) is 2.38. The third-order valence-corrected chi connectivity index (χ3v) is 3.35. The van der Waals surface area contributed by atoms with E-state index in [4.69, 9.17) is 6.42 Å². The molecular formula is C10H10BrNOS. The van der Waals surface area contributed by atoms with Gasteiger partial charge in [0, 0.05) is 6.54 Å². The second kappa shape index (κ2) is 5.18. The maximum Gasteiger partial charge on any atom is 0.264 e. The van der Waals surface area contributed by atoms with Crippen LogP contribution in [-0.2, 0) is 0 Å². The van der Waals surface area contributed by atoms with Gasteiger partial charge in [0.15, 0.2) is 0 Å². The van der Waals surface area contributed by atoms with Crippen LogP contribution in [-0.4, -0.2) is 23.9 Å². The second-order valence-electron chi connectivity index (χ2n) is 2.63. The van der Waals surface area contributed by atoms with Crippen LogP contribution in [0.2, 0.25) is 0 Å². The number of rotatable bonds is 3. The molecule has 0 radical (unpaired) electrons. The smallest absolute Gasteiger partial charge is 0.264 e. The van der Waals surface area contributed by atoms with Crippen molar-refractivity contribution in [3.63, 3.8) is 0 Å². The van der Waals surface area contributed by atoms with Gasteiger partial charge in [0.1, 0.15) is 0 Å². The second-order valence-corrected chi connectivity index (χ2v) is 5.09. The average molecular weight is 272 g/mol. The Balaban J connectivity index is 2.78. The maximum absolute atomic E-state index is 11.8. The fourth-order valence-electron chi connectivity index (χ4n) is 1.02. The molecule has 4 heteroatoms. The van der Waals surface area contributed by atoms with Crippen molar-refractivity contribution in [2.75, 3.05) is 13.1 Å². The monoisotopic (exact) mass is 271 g/mol. The van der Waals surface area contributed by atoms with Crippen molar-refractivity contribution in [2.45, 2.75) is 6.92 Å². The highest BCUT2D eigenvalue weighted by Gasteiger charge is 2.14. The lowest BCUT2D eigenvalue weighted by Crippen LogP contribution is -2.30. The first kappa shape index (κ1) is 11.3. The van der Waals surface area contributed by atoms with E-state index in [1.54, 1.807) is 11.0 Å². The van der Waals surface area contributed by atoms with Crippen LogP contribution in [0.3, 0.4) is 0 Å². The number of carbonyl (C=O) groups is 1. The summed E-state index contributed by atoms with van der Waals surface area (Å²) >= 11 is 4.74. The summed E-state index contributed by atoms with van der Waals surface area (Å²) in [5.74, 6) is 2.48. The average Bonchev–Trinajstić information content (AvgIpc) is 2.60. The number of terminal acetylenes is 1. The Hall–Kier alpha value is -0.790. The number of thiophene rings is 1. The summed E-state index contributed by atoms with van der Waals surface area (Å²) < 4.78 is 0.956. The van der Waals surface area contributed by atoms with Gasteiger partial charge >= 0.3 is 0 Å². The van der Waals surface area contributed by atoms with E-state index in [-0.39, 0.29) is 5.91 Å². The predicted octanol–water partition coefficient (Wildman–Crippen LogP) is 2.61. The summed E-state index contributed by atoms with van der Waals surface area (Å²) in [6.07, 6.45) is 5.18. The number of nitrogens with zero attached hydrogens (tertiary/aromatic N) is 1. The van der Waals surface area contributed by atoms with Gasteiger partial charge in [-0.05, 0) is 35.0 Å². The number of carbonyl (C=O) groups excluding carboxylic acids is 1. The Kier molecular flexibility index (Phi) is 4.18. The number of hydrogen-bond acceptors (Lipinski definition) is 2. The highest BCUT2D eigenvalue weighted by atomic mass is 79.9. The van der Waals surface area contributed by atoms with Gasteiger partial charge in [0.2, 0.25) is 0 Å². The molecule has 1 aromatic heterocycles. The van der Waals surface area contributed by atoms with Gasteiger partial charge < -0.3 is 4.90 Å². The molecule has 0 N–H and O–H groups in total. The number of amides is 1. The van der Waals surface area contributed by atoms with Crippen molar-refractivity contribution < 1.29 is 4.79 Å². The van der Waals surface area contributed by atoms with E-state index in [1.165, 1.54) is 11.3 Å². The first-order valence-electron chi connectivity index (χ1n) is 4.17. The Labute approximate surface area is 96.0 Å². The van der Waals surface area contributed by atoms with Crippen LogP contribution >= 0.6 is 27.3 Å². The molecule has 1 amide bonds. The van der Waals surface area contributed by atoms with Gasteiger partial charge in [-0.3, -0.25) is 4.79 Å². The fraction of sp³-hybridized carbons (Fsp3) is 0.300. The molecule has 0 spiro atoms. The van der Waals surface area contributed by atoms with E-state index in [1.807, 2.05) is 13.0 Å². The Bertz CT molecular complexity index is 366. The molecule has 0 aromatic carbocycles. The molecule has 1 heterocycles. The molecule has 0 bridgehead atoms.